The van der Waals surface area contributed by atoms with Gasteiger partial charge in [0.15, 0.2) is 0 Å². The largest absolute Gasteiger partial charge is 0.340 e. The van der Waals surface area contributed by atoms with Crippen molar-refractivity contribution >= 4 is 16.8 Å². The lowest BCUT2D eigenvalue weighted by Crippen LogP contribution is -2.35. The van der Waals surface area contributed by atoms with Gasteiger partial charge in [0.2, 0.25) is 0 Å². The molecule has 0 unspecified atom stereocenters. The quantitative estimate of drug-likeness (QED) is 0.845. The van der Waals surface area contributed by atoms with Crippen molar-refractivity contribution in [3.05, 3.63) is 42.1 Å². The van der Waals surface area contributed by atoms with Crippen LogP contribution in [0.1, 0.15) is 23.2 Å². The van der Waals surface area contributed by atoms with Crippen LogP contribution < -0.4 is 0 Å². The molecular formula is C17H21N3O. The maximum absolute atomic E-state index is 12.5. The van der Waals surface area contributed by atoms with Crippen LogP contribution >= 0.6 is 0 Å². The van der Waals surface area contributed by atoms with E-state index in [4.69, 9.17) is 0 Å². The van der Waals surface area contributed by atoms with Crippen LogP contribution in [0.4, 0.5) is 0 Å². The molecule has 0 N–H and O–H groups in total. The van der Waals surface area contributed by atoms with E-state index < -0.39 is 0 Å². The number of hydrogen-bond acceptors (Lipinski definition) is 3. The highest BCUT2D eigenvalue weighted by molar-refractivity contribution is 5.97. The molecule has 0 saturated heterocycles. The van der Waals surface area contributed by atoms with Gasteiger partial charge in [0, 0.05) is 37.8 Å². The maximum Gasteiger partial charge on any atom is 0.255 e. The number of hydrogen-bond donors (Lipinski definition) is 0. The number of rotatable bonds is 5. The first-order valence-electron chi connectivity index (χ1n) is 7.45. The summed E-state index contributed by atoms with van der Waals surface area (Å²) in [4.78, 5) is 20.9. The number of aromatic nitrogens is 1. The molecule has 1 amide bonds. The van der Waals surface area contributed by atoms with Crippen molar-refractivity contribution in [1.29, 1.82) is 0 Å². The summed E-state index contributed by atoms with van der Waals surface area (Å²) in [5, 5.41) is 1.01. The van der Waals surface area contributed by atoms with E-state index in [-0.39, 0.29) is 5.91 Å². The summed E-state index contributed by atoms with van der Waals surface area (Å²) in [7, 11) is 3.99. The third kappa shape index (κ3) is 3.22. The third-order valence-electron chi connectivity index (χ3n) is 4.14. The predicted octanol–water partition coefficient (Wildman–Crippen LogP) is 2.40. The Labute approximate surface area is 125 Å². The van der Waals surface area contributed by atoms with Crippen molar-refractivity contribution in [3.8, 4) is 0 Å². The molecule has 1 fully saturated rings. The summed E-state index contributed by atoms with van der Waals surface area (Å²) in [6.07, 6.45) is 4.26. The average molecular weight is 283 g/mol. The van der Waals surface area contributed by atoms with E-state index in [0.717, 1.165) is 30.0 Å². The summed E-state index contributed by atoms with van der Waals surface area (Å²) in [6.45, 7) is 1.67. The molecule has 0 aliphatic heterocycles. The Morgan fingerprint density at radius 2 is 2.00 bits per heavy atom. The molecule has 110 valence electrons. The Morgan fingerprint density at radius 3 is 2.76 bits per heavy atom. The second kappa shape index (κ2) is 5.82. The van der Waals surface area contributed by atoms with Gasteiger partial charge < -0.3 is 9.80 Å². The van der Waals surface area contributed by atoms with E-state index in [1.54, 1.807) is 11.1 Å². The van der Waals surface area contributed by atoms with Gasteiger partial charge in [0.1, 0.15) is 0 Å². The highest BCUT2D eigenvalue weighted by Gasteiger charge is 2.26. The van der Waals surface area contributed by atoms with Gasteiger partial charge in [-0.05, 0) is 32.0 Å². The van der Waals surface area contributed by atoms with Crippen molar-refractivity contribution in [3.63, 3.8) is 0 Å². The molecule has 3 rings (SSSR count). The Bertz CT molecular complexity index is 651. The number of pyridine rings is 1. The van der Waals surface area contributed by atoms with Crippen LogP contribution in [0.15, 0.2) is 36.5 Å². The molecule has 1 saturated carbocycles. The van der Waals surface area contributed by atoms with Gasteiger partial charge in [-0.2, -0.15) is 0 Å². The topological polar surface area (TPSA) is 36.4 Å². The molecule has 2 aromatic rings. The van der Waals surface area contributed by atoms with E-state index in [9.17, 15) is 4.79 Å². The number of carbonyl (C=O) groups excluding carboxylic acids is 1. The molecule has 0 atom stereocenters. The zero-order chi connectivity index (χ0) is 14.8. The predicted molar refractivity (Wildman–Crippen MR) is 84.4 cm³/mol. The molecular weight excluding hydrogens is 262 g/mol. The molecule has 0 radical (unpaired) electrons. The van der Waals surface area contributed by atoms with Gasteiger partial charge in [-0.25, -0.2) is 0 Å². The van der Waals surface area contributed by atoms with E-state index in [1.807, 2.05) is 37.4 Å². The Hall–Kier alpha value is -1.94. The number of para-hydroxylation sites is 1. The molecule has 1 aromatic carbocycles. The second-order valence-corrected chi connectivity index (χ2v) is 5.86. The standard InChI is InChI=1S/C17H21N3O/c1-19(15-7-8-15)9-10-20(2)17(21)14-11-13-5-3-4-6-16(13)18-12-14/h3-6,11-12,15H,7-10H2,1-2H3. The van der Waals surface area contributed by atoms with Crippen LogP contribution in [0.2, 0.25) is 0 Å². The SMILES string of the molecule is CN(CCN(C)C1CC1)C(=O)c1cnc2ccccc2c1. The van der Waals surface area contributed by atoms with Gasteiger partial charge >= 0.3 is 0 Å². The van der Waals surface area contributed by atoms with Gasteiger partial charge in [-0.3, -0.25) is 9.78 Å². The lowest BCUT2D eigenvalue weighted by atomic mass is 10.1. The molecule has 0 spiro atoms. The highest BCUT2D eigenvalue weighted by atomic mass is 16.2. The van der Waals surface area contributed by atoms with Crippen molar-refractivity contribution < 1.29 is 4.79 Å². The van der Waals surface area contributed by atoms with Crippen LogP contribution in [-0.2, 0) is 0 Å². The first kappa shape index (κ1) is 14.0. The minimum absolute atomic E-state index is 0.0393. The first-order valence-corrected chi connectivity index (χ1v) is 7.45. The maximum atomic E-state index is 12.5. The first-order chi connectivity index (χ1) is 10.1. The fourth-order valence-electron chi connectivity index (χ4n) is 2.52. The summed E-state index contributed by atoms with van der Waals surface area (Å²) in [5.74, 6) is 0.0393. The molecule has 4 nitrogen and oxygen atoms in total. The lowest BCUT2D eigenvalue weighted by Gasteiger charge is -2.22. The smallest absolute Gasteiger partial charge is 0.255 e. The van der Waals surface area contributed by atoms with Crippen molar-refractivity contribution in [2.75, 3.05) is 27.2 Å². The van der Waals surface area contributed by atoms with Crippen LogP contribution in [0.3, 0.4) is 0 Å². The molecule has 0 bridgehead atoms. The molecule has 1 aliphatic rings. The normalized spacial score (nSPS) is 14.6. The molecule has 1 aromatic heterocycles. The minimum Gasteiger partial charge on any atom is -0.340 e. The molecule has 21 heavy (non-hydrogen) atoms. The Morgan fingerprint density at radius 1 is 1.24 bits per heavy atom. The third-order valence-corrected chi connectivity index (χ3v) is 4.14. The monoisotopic (exact) mass is 283 g/mol. The summed E-state index contributed by atoms with van der Waals surface area (Å²) < 4.78 is 0. The van der Waals surface area contributed by atoms with Gasteiger partial charge in [-0.15, -0.1) is 0 Å². The number of nitrogens with zero attached hydrogens (tertiary/aromatic N) is 3. The number of carbonyl (C=O) groups is 1. The fraction of sp³-hybridized carbons (Fsp3) is 0.412. The Balaban J connectivity index is 1.67. The van der Waals surface area contributed by atoms with Crippen LogP contribution in [-0.4, -0.2) is 53.9 Å². The van der Waals surface area contributed by atoms with E-state index in [1.165, 1.54) is 12.8 Å². The van der Waals surface area contributed by atoms with Crippen molar-refractivity contribution in [1.82, 2.24) is 14.8 Å². The molecule has 1 aliphatic carbocycles. The van der Waals surface area contributed by atoms with Gasteiger partial charge in [0.25, 0.3) is 5.91 Å². The van der Waals surface area contributed by atoms with Gasteiger partial charge in [0.05, 0.1) is 11.1 Å². The highest BCUT2D eigenvalue weighted by Crippen LogP contribution is 2.24. The summed E-state index contributed by atoms with van der Waals surface area (Å²) in [5.41, 5.74) is 1.58. The number of benzene rings is 1. The zero-order valence-electron chi connectivity index (χ0n) is 12.6. The molecule has 1 heterocycles. The minimum atomic E-state index is 0.0393. The van der Waals surface area contributed by atoms with Crippen LogP contribution in [0.5, 0.6) is 0 Å². The number of likely N-dealkylation sites (N-methyl/N-ethyl adjacent to an activating group) is 2. The summed E-state index contributed by atoms with van der Waals surface area (Å²) in [6, 6.07) is 10.5. The van der Waals surface area contributed by atoms with E-state index in [0.29, 0.717) is 5.56 Å². The van der Waals surface area contributed by atoms with Crippen LogP contribution in [0, 0.1) is 0 Å². The van der Waals surface area contributed by atoms with Crippen molar-refractivity contribution in [2.45, 2.75) is 18.9 Å². The number of fused-ring (bicyclic) bond motifs is 1. The summed E-state index contributed by atoms with van der Waals surface area (Å²) >= 11 is 0. The van der Waals surface area contributed by atoms with E-state index in [2.05, 4.69) is 16.9 Å². The van der Waals surface area contributed by atoms with Gasteiger partial charge in [-0.1, -0.05) is 18.2 Å². The fourth-order valence-corrected chi connectivity index (χ4v) is 2.52. The molecule has 4 heteroatoms. The second-order valence-electron chi connectivity index (χ2n) is 5.86. The lowest BCUT2D eigenvalue weighted by molar-refractivity contribution is 0.0781. The van der Waals surface area contributed by atoms with Crippen LogP contribution in [0.25, 0.3) is 10.9 Å². The Kier molecular flexibility index (Phi) is 3.88. The van der Waals surface area contributed by atoms with Crippen molar-refractivity contribution in [2.24, 2.45) is 0 Å². The zero-order valence-corrected chi connectivity index (χ0v) is 12.6. The van der Waals surface area contributed by atoms with E-state index >= 15 is 0 Å². The average Bonchev–Trinajstić information content (AvgIpc) is 3.36. The number of amides is 1.